The van der Waals surface area contributed by atoms with Crippen molar-refractivity contribution in [3.05, 3.63) is 40.3 Å². The normalized spacial score (nSPS) is 27.2. The van der Waals surface area contributed by atoms with Gasteiger partial charge in [-0.3, -0.25) is 0 Å². The lowest BCUT2D eigenvalue weighted by Crippen LogP contribution is -2.55. The zero-order valence-electron chi connectivity index (χ0n) is 16.9. The minimum atomic E-state index is -0.783. The van der Waals surface area contributed by atoms with Gasteiger partial charge in [0.05, 0.1) is 44.7 Å². The van der Waals surface area contributed by atoms with Gasteiger partial charge in [-0.1, -0.05) is 30.6 Å². The zero-order chi connectivity index (χ0) is 20.4. The van der Waals surface area contributed by atoms with Crippen LogP contribution in [-0.2, 0) is 20.8 Å². The van der Waals surface area contributed by atoms with E-state index in [0.29, 0.717) is 26.2 Å². The number of aliphatic hydroxyl groups is 1. The Morgan fingerprint density at radius 2 is 2.00 bits per heavy atom. The lowest BCUT2D eigenvalue weighted by Gasteiger charge is -2.42. The highest BCUT2D eigenvalue weighted by Gasteiger charge is 2.44. The van der Waals surface area contributed by atoms with Crippen LogP contribution >= 0.6 is 0 Å². The maximum absolute atomic E-state index is 10.8. The molecule has 1 fully saturated rings. The highest BCUT2D eigenvalue weighted by molar-refractivity contribution is 5.26. The fourth-order valence-electron chi connectivity index (χ4n) is 3.47. The van der Waals surface area contributed by atoms with Gasteiger partial charge < -0.3 is 24.1 Å². The van der Waals surface area contributed by atoms with E-state index < -0.39 is 18.2 Å². The molecule has 3 unspecified atom stereocenters. The average molecular weight is 393 g/mol. The third-order valence-electron chi connectivity index (χ3n) is 5.13. The lowest BCUT2D eigenvalue weighted by molar-refractivity contribution is -0.145. The van der Waals surface area contributed by atoms with Gasteiger partial charge in [0, 0.05) is 24.5 Å². The topological polar surface area (TPSA) is 106 Å². The van der Waals surface area contributed by atoms with Crippen molar-refractivity contribution >= 4 is 0 Å². The summed E-state index contributed by atoms with van der Waals surface area (Å²) in [6, 6.07) is 7.11. The van der Waals surface area contributed by atoms with Crippen LogP contribution in [0.2, 0.25) is 0 Å². The number of rotatable bonds is 11. The minimum Gasteiger partial charge on any atom is -0.497 e. The number of hydrogen-bond acceptors (Lipinski definition) is 6. The second-order valence-electron chi connectivity index (χ2n) is 7.01. The third kappa shape index (κ3) is 6.09. The summed E-state index contributed by atoms with van der Waals surface area (Å²) in [5.74, 6) is 0.630. The lowest BCUT2D eigenvalue weighted by atomic mass is 9.80. The monoisotopic (exact) mass is 393 g/mol. The van der Waals surface area contributed by atoms with Gasteiger partial charge in [0.15, 0.2) is 0 Å². The molecular weight excluding hydrogens is 362 g/mol. The smallest absolute Gasteiger partial charge is 0.118 e. The number of ether oxygens (including phenoxy) is 4. The SMILES string of the molecule is CCCCOC1C(N=[N+]=[N-])[C@@H](OC)CC(COCc2ccc(OC)cc2)[C@H]1O. The van der Waals surface area contributed by atoms with Crippen molar-refractivity contribution in [1.29, 1.82) is 0 Å². The molecule has 156 valence electrons. The Balaban J connectivity index is 1.98. The molecule has 0 aliphatic heterocycles. The van der Waals surface area contributed by atoms with Crippen LogP contribution in [-0.4, -0.2) is 56.9 Å². The molecule has 0 spiro atoms. The predicted octanol–water partition coefficient (Wildman–Crippen LogP) is 3.47. The van der Waals surface area contributed by atoms with E-state index in [9.17, 15) is 5.11 Å². The maximum atomic E-state index is 10.8. The van der Waals surface area contributed by atoms with E-state index in [1.54, 1.807) is 14.2 Å². The van der Waals surface area contributed by atoms with Crippen molar-refractivity contribution in [2.24, 2.45) is 11.0 Å². The second kappa shape index (κ2) is 11.9. The van der Waals surface area contributed by atoms with Gasteiger partial charge in [0.25, 0.3) is 0 Å². The first-order valence-corrected chi connectivity index (χ1v) is 9.71. The second-order valence-corrected chi connectivity index (χ2v) is 7.01. The largest absolute Gasteiger partial charge is 0.497 e. The molecule has 8 nitrogen and oxygen atoms in total. The van der Waals surface area contributed by atoms with Gasteiger partial charge >= 0.3 is 0 Å². The number of azide groups is 1. The molecule has 2 rings (SSSR count). The molecule has 0 radical (unpaired) electrons. The number of hydrogen-bond donors (Lipinski definition) is 1. The number of nitrogens with zero attached hydrogens (tertiary/aromatic N) is 3. The summed E-state index contributed by atoms with van der Waals surface area (Å²) in [6.07, 6.45) is 0.697. The molecular formula is C20H31N3O5. The van der Waals surface area contributed by atoms with E-state index in [1.165, 1.54) is 0 Å². The van der Waals surface area contributed by atoms with Crippen molar-refractivity contribution < 1.29 is 24.1 Å². The molecule has 1 aliphatic rings. The Kier molecular flexibility index (Phi) is 9.54. The summed E-state index contributed by atoms with van der Waals surface area (Å²) in [7, 11) is 3.21. The summed E-state index contributed by atoms with van der Waals surface area (Å²) >= 11 is 0. The molecule has 0 bridgehead atoms. The molecule has 0 amide bonds. The summed E-state index contributed by atoms with van der Waals surface area (Å²) in [4.78, 5) is 2.92. The Morgan fingerprint density at radius 1 is 1.25 bits per heavy atom. The summed E-state index contributed by atoms with van der Waals surface area (Å²) in [5, 5.41) is 14.7. The van der Waals surface area contributed by atoms with Crippen LogP contribution in [0.4, 0.5) is 0 Å². The van der Waals surface area contributed by atoms with Gasteiger partial charge in [-0.2, -0.15) is 0 Å². The fourth-order valence-corrected chi connectivity index (χ4v) is 3.47. The number of methoxy groups -OCH3 is 2. The fraction of sp³-hybridized carbons (Fsp3) is 0.700. The van der Waals surface area contributed by atoms with Crippen LogP contribution < -0.4 is 4.74 Å². The Morgan fingerprint density at radius 3 is 2.61 bits per heavy atom. The third-order valence-corrected chi connectivity index (χ3v) is 5.13. The minimum absolute atomic E-state index is 0.167. The van der Waals surface area contributed by atoms with Gasteiger partial charge in [0.1, 0.15) is 5.75 Å². The highest BCUT2D eigenvalue weighted by atomic mass is 16.5. The van der Waals surface area contributed by atoms with Gasteiger partial charge in [-0.25, -0.2) is 0 Å². The molecule has 1 saturated carbocycles. The van der Waals surface area contributed by atoms with Crippen molar-refractivity contribution in [3.63, 3.8) is 0 Å². The van der Waals surface area contributed by atoms with E-state index in [4.69, 9.17) is 24.5 Å². The van der Waals surface area contributed by atoms with E-state index in [2.05, 4.69) is 16.9 Å². The summed E-state index contributed by atoms with van der Waals surface area (Å²) in [6.45, 7) is 3.38. The average Bonchev–Trinajstić information content (AvgIpc) is 2.72. The standard InChI is InChI=1S/C20H31N3O5/c1-4-5-10-28-20-18(22-23-21)17(26-3)11-15(19(20)24)13-27-12-14-6-8-16(25-2)9-7-14/h6-9,15,17-20,24H,4-5,10-13H2,1-3H3/t15?,17-,18?,19+,20?/m0/s1. The van der Waals surface area contributed by atoms with Crippen molar-refractivity contribution in [3.8, 4) is 5.75 Å². The van der Waals surface area contributed by atoms with Crippen LogP contribution in [0.25, 0.3) is 10.4 Å². The first-order valence-electron chi connectivity index (χ1n) is 9.71. The van der Waals surface area contributed by atoms with Crippen LogP contribution in [0.1, 0.15) is 31.7 Å². The highest BCUT2D eigenvalue weighted by Crippen LogP contribution is 2.32. The molecule has 5 atom stereocenters. The number of aliphatic hydroxyl groups excluding tert-OH is 1. The quantitative estimate of drug-likeness (QED) is 0.268. The van der Waals surface area contributed by atoms with E-state index >= 15 is 0 Å². The van der Waals surface area contributed by atoms with Gasteiger partial charge in [-0.15, -0.1) is 0 Å². The molecule has 1 aromatic carbocycles. The molecule has 1 aliphatic carbocycles. The molecule has 1 N–H and O–H groups in total. The van der Waals surface area contributed by atoms with E-state index in [0.717, 1.165) is 24.2 Å². The number of benzene rings is 1. The molecule has 1 aromatic rings. The van der Waals surface area contributed by atoms with Crippen molar-refractivity contribution in [2.75, 3.05) is 27.4 Å². The Bertz CT molecular complexity index is 621. The first kappa shape index (κ1) is 22.5. The maximum Gasteiger partial charge on any atom is 0.118 e. The molecule has 8 heteroatoms. The van der Waals surface area contributed by atoms with E-state index in [1.807, 2.05) is 24.3 Å². The van der Waals surface area contributed by atoms with E-state index in [-0.39, 0.29) is 12.0 Å². The molecule has 0 aromatic heterocycles. The Labute approximate surface area is 166 Å². The summed E-state index contributed by atoms with van der Waals surface area (Å²) < 4.78 is 22.4. The molecule has 0 saturated heterocycles. The van der Waals surface area contributed by atoms with Crippen LogP contribution in [0, 0.1) is 5.92 Å². The number of unbranched alkanes of at least 4 members (excludes halogenated alkanes) is 1. The Hall–Kier alpha value is -1.83. The summed E-state index contributed by atoms with van der Waals surface area (Å²) in [5.41, 5.74) is 9.94. The van der Waals surface area contributed by atoms with Crippen molar-refractivity contribution in [2.45, 2.75) is 57.1 Å². The molecule has 0 heterocycles. The van der Waals surface area contributed by atoms with Crippen LogP contribution in [0.15, 0.2) is 29.4 Å². The van der Waals surface area contributed by atoms with Gasteiger partial charge in [-0.05, 0) is 36.1 Å². The first-order chi connectivity index (χ1) is 13.6. The van der Waals surface area contributed by atoms with Gasteiger partial charge in [0.2, 0.25) is 0 Å². The van der Waals surface area contributed by atoms with Crippen LogP contribution in [0.3, 0.4) is 0 Å². The van der Waals surface area contributed by atoms with Crippen molar-refractivity contribution in [1.82, 2.24) is 0 Å². The molecule has 28 heavy (non-hydrogen) atoms. The zero-order valence-corrected chi connectivity index (χ0v) is 16.9. The van der Waals surface area contributed by atoms with Crippen LogP contribution in [0.5, 0.6) is 5.75 Å². The predicted molar refractivity (Wildman–Crippen MR) is 105 cm³/mol.